The summed E-state index contributed by atoms with van der Waals surface area (Å²) < 4.78 is 2.11. The number of nitrogens with zero attached hydrogens (tertiary/aromatic N) is 3. The minimum atomic E-state index is 0. The highest BCUT2D eigenvalue weighted by molar-refractivity contribution is 7.09. The van der Waals surface area contributed by atoms with E-state index < -0.39 is 0 Å². The summed E-state index contributed by atoms with van der Waals surface area (Å²) in [7, 11) is 0. The number of hydrogen-bond donors (Lipinski definition) is 2. The van der Waals surface area contributed by atoms with Crippen molar-refractivity contribution in [2.75, 3.05) is 12.3 Å². The molecule has 7 nitrogen and oxygen atoms in total. The minimum absolute atomic E-state index is 0. The first-order chi connectivity index (χ1) is 8.61. The van der Waals surface area contributed by atoms with Gasteiger partial charge in [-0.25, -0.2) is 9.97 Å². The number of nitrogens with two attached hydrogens (primary N) is 1. The lowest BCUT2D eigenvalue weighted by Crippen LogP contribution is -2.35. The summed E-state index contributed by atoms with van der Waals surface area (Å²) in [6.45, 7) is 4.71. The van der Waals surface area contributed by atoms with Crippen molar-refractivity contribution in [2.45, 2.75) is 26.8 Å². The van der Waals surface area contributed by atoms with Gasteiger partial charge in [0.05, 0.1) is 10.4 Å². The number of nitrogen functional groups attached to an aromatic ring is 1. The molecule has 120 valence electrons. The first kappa shape index (κ1) is 22.0. The van der Waals surface area contributed by atoms with Gasteiger partial charge in [0, 0.05) is 26.1 Å². The largest absolute Gasteiger partial charge is 0.412 e. The Morgan fingerprint density at radius 2 is 2.00 bits per heavy atom. The van der Waals surface area contributed by atoms with Crippen LogP contribution in [-0.4, -0.2) is 32.6 Å². The Hall–Kier alpha value is -1.32. The number of aliphatic hydroxyl groups excluding tert-OH is 1. The highest BCUT2D eigenvalue weighted by Crippen LogP contribution is 2.13. The topological polar surface area (TPSA) is 139 Å². The van der Waals surface area contributed by atoms with E-state index in [1.165, 1.54) is 4.88 Å². The Morgan fingerprint density at radius 1 is 1.33 bits per heavy atom. The second-order valence-corrected chi connectivity index (χ2v) is 5.10. The summed E-state index contributed by atoms with van der Waals surface area (Å²) in [4.78, 5) is 9.53. The van der Waals surface area contributed by atoms with Gasteiger partial charge in [-0.2, -0.15) is 4.57 Å². The maximum absolute atomic E-state index is 8.98. The summed E-state index contributed by atoms with van der Waals surface area (Å²) in [5.74, 6) is 1.22. The van der Waals surface area contributed by atoms with Crippen molar-refractivity contribution >= 4 is 29.6 Å². The van der Waals surface area contributed by atoms with Crippen LogP contribution in [0.2, 0.25) is 0 Å². The van der Waals surface area contributed by atoms with Gasteiger partial charge in [0.1, 0.15) is 11.6 Å². The molecule has 0 amide bonds. The fraction of sp³-hybridized carbons (Fsp3) is 0.417. The second kappa shape index (κ2) is 9.59. The number of halogens is 1. The fourth-order valence-corrected chi connectivity index (χ4v) is 2.75. The zero-order chi connectivity index (χ0) is 13.1. The van der Waals surface area contributed by atoms with Crippen molar-refractivity contribution in [3.63, 3.8) is 0 Å². The molecule has 0 aliphatic rings. The predicted octanol–water partition coefficient (Wildman–Crippen LogP) is -0.620. The van der Waals surface area contributed by atoms with Gasteiger partial charge < -0.3 is 21.8 Å². The van der Waals surface area contributed by atoms with Crippen LogP contribution in [0.1, 0.15) is 22.0 Å². The molecule has 9 heteroatoms. The number of thiazole rings is 1. The standard InChI is InChI=1S/C12H17N4OS.ClH.2H2O/c1-8-11(3-4-17)18-7-16(8)6-10-5-14-9(2)15-12(10)13;;;/h5,7,17H,3-4,6H2,1-2H3,(H2,13,14,15);1H;2*1H2/q+1;;;. The molecule has 21 heavy (non-hydrogen) atoms. The Labute approximate surface area is 133 Å². The van der Waals surface area contributed by atoms with E-state index in [9.17, 15) is 0 Å². The van der Waals surface area contributed by atoms with E-state index >= 15 is 0 Å². The number of aliphatic hydroxyl groups is 1. The normalized spacial score (nSPS) is 9.29. The average Bonchev–Trinajstić information content (AvgIpc) is 2.66. The number of aromatic nitrogens is 3. The van der Waals surface area contributed by atoms with Crippen LogP contribution in [0.3, 0.4) is 0 Å². The maximum atomic E-state index is 8.98. The van der Waals surface area contributed by atoms with Crippen molar-refractivity contribution in [1.29, 1.82) is 0 Å². The molecule has 7 N–H and O–H groups in total. The Bertz CT molecular complexity index is 565. The predicted molar refractivity (Wildman–Crippen MR) is 84.8 cm³/mol. The monoisotopic (exact) mass is 337 g/mol. The molecule has 0 spiro atoms. The molecule has 0 aliphatic carbocycles. The third-order valence-electron chi connectivity index (χ3n) is 2.85. The Kier molecular flexibility index (Phi) is 10.0. The molecule has 0 atom stereocenters. The molecule has 0 saturated heterocycles. The summed E-state index contributed by atoms with van der Waals surface area (Å²) in [6, 6.07) is 0. The van der Waals surface area contributed by atoms with E-state index in [0.29, 0.717) is 24.6 Å². The molecule has 0 aromatic carbocycles. The zero-order valence-corrected chi connectivity index (χ0v) is 13.6. The molecule has 2 aromatic heterocycles. The lowest BCUT2D eigenvalue weighted by molar-refractivity contribution is -0.689. The van der Waals surface area contributed by atoms with E-state index in [2.05, 4.69) is 14.5 Å². The van der Waals surface area contributed by atoms with Crippen molar-refractivity contribution in [3.8, 4) is 0 Å². The second-order valence-electron chi connectivity index (χ2n) is 4.16. The molecule has 0 saturated carbocycles. The average molecular weight is 338 g/mol. The molecule has 0 aliphatic heterocycles. The number of anilines is 1. The van der Waals surface area contributed by atoms with E-state index in [1.807, 2.05) is 19.4 Å². The Balaban J connectivity index is 0. The summed E-state index contributed by atoms with van der Waals surface area (Å²) in [5, 5.41) is 8.98. The fourth-order valence-electron chi connectivity index (χ4n) is 1.77. The van der Waals surface area contributed by atoms with Crippen LogP contribution in [0, 0.1) is 13.8 Å². The molecular formula is C12H22ClN4O3S+. The molecule has 2 rings (SSSR count). The van der Waals surface area contributed by atoms with Gasteiger partial charge in [0.15, 0.2) is 12.2 Å². The molecule has 0 bridgehead atoms. The SMILES string of the molecule is Cc1ncc(C[n+]2csc(CCO)c2C)c(N)n1.Cl.O.O. The van der Waals surface area contributed by atoms with E-state index in [4.69, 9.17) is 10.8 Å². The summed E-state index contributed by atoms with van der Waals surface area (Å²) >= 11 is 1.65. The lowest BCUT2D eigenvalue weighted by atomic mass is 10.2. The number of aryl methyl sites for hydroxylation is 1. The molecular weight excluding hydrogens is 316 g/mol. The van der Waals surface area contributed by atoms with Crippen LogP contribution in [0.5, 0.6) is 0 Å². The van der Waals surface area contributed by atoms with E-state index in [-0.39, 0.29) is 30.0 Å². The smallest absolute Gasteiger partial charge is 0.225 e. The van der Waals surface area contributed by atoms with Crippen molar-refractivity contribution < 1.29 is 20.6 Å². The first-order valence-electron chi connectivity index (χ1n) is 5.77. The third kappa shape index (κ3) is 5.18. The van der Waals surface area contributed by atoms with Crippen molar-refractivity contribution in [1.82, 2.24) is 9.97 Å². The van der Waals surface area contributed by atoms with Gasteiger partial charge in [-0.05, 0) is 6.92 Å². The maximum Gasteiger partial charge on any atom is 0.225 e. The van der Waals surface area contributed by atoms with Crippen LogP contribution in [0.15, 0.2) is 11.7 Å². The van der Waals surface area contributed by atoms with Crippen LogP contribution in [0.25, 0.3) is 0 Å². The van der Waals surface area contributed by atoms with Gasteiger partial charge in [-0.15, -0.1) is 12.4 Å². The van der Waals surface area contributed by atoms with Crippen LogP contribution < -0.4 is 10.3 Å². The van der Waals surface area contributed by atoms with Crippen LogP contribution >= 0.6 is 23.7 Å². The first-order valence-corrected chi connectivity index (χ1v) is 6.65. The highest BCUT2D eigenvalue weighted by Gasteiger charge is 2.16. The molecule has 0 unspecified atom stereocenters. The molecule has 2 aromatic rings. The number of hydrogen-bond acceptors (Lipinski definition) is 5. The van der Waals surface area contributed by atoms with Crippen molar-refractivity contribution in [3.05, 3.63) is 33.7 Å². The zero-order valence-electron chi connectivity index (χ0n) is 12.0. The van der Waals surface area contributed by atoms with Gasteiger partial charge in [0.25, 0.3) is 0 Å². The van der Waals surface area contributed by atoms with E-state index in [0.717, 1.165) is 11.3 Å². The van der Waals surface area contributed by atoms with Crippen molar-refractivity contribution in [2.24, 2.45) is 0 Å². The minimum Gasteiger partial charge on any atom is -0.412 e. The van der Waals surface area contributed by atoms with Gasteiger partial charge in [-0.3, -0.25) is 0 Å². The quantitative estimate of drug-likeness (QED) is 0.717. The summed E-state index contributed by atoms with van der Waals surface area (Å²) in [6.07, 6.45) is 2.47. The molecule has 0 fully saturated rings. The number of rotatable bonds is 4. The van der Waals surface area contributed by atoms with Crippen LogP contribution in [-0.2, 0) is 13.0 Å². The highest BCUT2D eigenvalue weighted by atomic mass is 35.5. The summed E-state index contributed by atoms with van der Waals surface area (Å²) in [5.41, 5.74) is 10.0. The third-order valence-corrected chi connectivity index (χ3v) is 4.00. The van der Waals surface area contributed by atoms with Gasteiger partial charge in [0.2, 0.25) is 5.51 Å². The Morgan fingerprint density at radius 3 is 2.57 bits per heavy atom. The lowest BCUT2D eigenvalue weighted by Gasteiger charge is -2.01. The molecule has 0 radical (unpaired) electrons. The van der Waals surface area contributed by atoms with Gasteiger partial charge >= 0.3 is 0 Å². The van der Waals surface area contributed by atoms with Gasteiger partial charge in [-0.1, -0.05) is 11.3 Å². The van der Waals surface area contributed by atoms with E-state index in [1.54, 1.807) is 17.5 Å². The van der Waals surface area contributed by atoms with Crippen LogP contribution in [0.4, 0.5) is 5.82 Å². The molecule has 2 heterocycles.